The third-order valence-electron chi connectivity index (χ3n) is 3.53. The highest BCUT2D eigenvalue weighted by Crippen LogP contribution is 2.42. The van der Waals surface area contributed by atoms with Crippen LogP contribution in [0, 0.1) is 5.41 Å². The second-order valence-corrected chi connectivity index (χ2v) is 5.62. The molecule has 0 heterocycles. The van der Waals surface area contributed by atoms with Gasteiger partial charge in [-0.1, -0.05) is 18.6 Å². The Balaban J connectivity index is 2.48. The molecule has 1 saturated carbocycles. The van der Waals surface area contributed by atoms with Crippen LogP contribution in [0.3, 0.4) is 0 Å². The molecule has 0 radical (unpaired) electrons. The van der Waals surface area contributed by atoms with Crippen molar-refractivity contribution in [3.8, 4) is 0 Å². The third-order valence-corrected chi connectivity index (χ3v) is 3.92. The minimum absolute atomic E-state index is 0.106. The van der Waals surface area contributed by atoms with E-state index in [2.05, 4.69) is 4.90 Å². The number of thiocarbonyl (C=S) groups is 1. The molecule has 0 spiro atoms. The van der Waals surface area contributed by atoms with Crippen LogP contribution in [-0.4, -0.2) is 54.9 Å². The number of amides is 1. The van der Waals surface area contributed by atoms with Gasteiger partial charge in [0.2, 0.25) is 5.91 Å². The molecule has 4 nitrogen and oxygen atoms in total. The summed E-state index contributed by atoms with van der Waals surface area (Å²) in [5.41, 5.74) is 5.20. The number of hydrogen-bond acceptors (Lipinski definition) is 3. The van der Waals surface area contributed by atoms with E-state index in [1.54, 1.807) is 4.90 Å². The Morgan fingerprint density at radius 2 is 1.88 bits per heavy atom. The second kappa shape index (κ2) is 5.78. The van der Waals surface area contributed by atoms with Crippen molar-refractivity contribution in [1.29, 1.82) is 0 Å². The Morgan fingerprint density at radius 3 is 2.24 bits per heavy atom. The fourth-order valence-electron chi connectivity index (χ4n) is 2.19. The van der Waals surface area contributed by atoms with Gasteiger partial charge in [0.25, 0.3) is 0 Å². The first-order chi connectivity index (χ1) is 7.90. The molecule has 17 heavy (non-hydrogen) atoms. The van der Waals surface area contributed by atoms with Gasteiger partial charge in [-0.05, 0) is 39.9 Å². The molecule has 1 amide bonds. The van der Waals surface area contributed by atoms with Crippen molar-refractivity contribution in [2.75, 3.05) is 34.2 Å². The van der Waals surface area contributed by atoms with E-state index in [1.807, 2.05) is 21.1 Å². The maximum Gasteiger partial charge on any atom is 0.235 e. The summed E-state index contributed by atoms with van der Waals surface area (Å²) in [5, 5.41) is 0. The summed E-state index contributed by atoms with van der Waals surface area (Å²) >= 11 is 5.05. The molecular weight excluding hydrogens is 234 g/mol. The van der Waals surface area contributed by atoms with Crippen LogP contribution < -0.4 is 5.73 Å². The van der Waals surface area contributed by atoms with Crippen LogP contribution in [0.4, 0.5) is 0 Å². The van der Waals surface area contributed by atoms with Gasteiger partial charge in [0.15, 0.2) is 0 Å². The van der Waals surface area contributed by atoms with Gasteiger partial charge in [-0.25, -0.2) is 0 Å². The van der Waals surface area contributed by atoms with Gasteiger partial charge in [0.1, 0.15) is 0 Å². The van der Waals surface area contributed by atoms with Crippen molar-refractivity contribution < 1.29 is 4.79 Å². The molecule has 98 valence electrons. The topological polar surface area (TPSA) is 49.6 Å². The van der Waals surface area contributed by atoms with Gasteiger partial charge in [-0.15, -0.1) is 0 Å². The van der Waals surface area contributed by atoms with Crippen LogP contribution in [0.5, 0.6) is 0 Å². The van der Waals surface area contributed by atoms with Gasteiger partial charge in [0, 0.05) is 13.6 Å². The van der Waals surface area contributed by atoms with E-state index >= 15 is 0 Å². The largest absolute Gasteiger partial charge is 0.392 e. The molecule has 0 aromatic carbocycles. The van der Waals surface area contributed by atoms with Crippen molar-refractivity contribution >= 4 is 23.1 Å². The predicted molar refractivity (Wildman–Crippen MR) is 73.9 cm³/mol. The van der Waals surface area contributed by atoms with Crippen LogP contribution in [0.2, 0.25) is 0 Å². The van der Waals surface area contributed by atoms with Gasteiger partial charge < -0.3 is 15.5 Å². The molecule has 1 fully saturated rings. The Hall–Kier alpha value is -0.680. The Morgan fingerprint density at radius 1 is 1.29 bits per heavy atom. The van der Waals surface area contributed by atoms with Crippen molar-refractivity contribution in [2.45, 2.75) is 25.7 Å². The average Bonchev–Trinajstić information content (AvgIpc) is 2.14. The zero-order valence-corrected chi connectivity index (χ0v) is 11.8. The summed E-state index contributed by atoms with van der Waals surface area (Å²) in [6.07, 6.45) is 3.66. The lowest BCUT2D eigenvalue weighted by Gasteiger charge is -2.41. The lowest BCUT2D eigenvalue weighted by Crippen LogP contribution is -2.53. The monoisotopic (exact) mass is 257 g/mol. The number of hydrogen-bond donors (Lipinski definition) is 1. The van der Waals surface area contributed by atoms with Gasteiger partial charge in [-0.2, -0.15) is 0 Å². The normalized spacial score (nSPS) is 17.6. The first-order valence-corrected chi connectivity index (χ1v) is 6.51. The molecule has 5 heteroatoms. The van der Waals surface area contributed by atoms with E-state index in [9.17, 15) is 4.79 Å². The highest BCUT2D eigenvalue weighted by molar-refractivity contribution is 7.80. The Bertz CT molecular complexity index is 300. The van der Waals surface area contributed by atoms with E-state index in [4.69, 9.17) is 18.0 Å². The molecule has 0 bridgehead atoms. The van der Waals surface area contributed by atoms with Crippen LogP contribution in [0.15, 0.2) is 0 Å². The average molecular weight is 257 g/mol. The first kappa shape index (κ1) is 14.4. The number of nitrogens with two attached hydrogens (primary N) is 1. The summed E-state index contributed by atoms with van der Waals surface area (Å²) in [6.45, 7) is 1.75. The minimum Gasteiger partial charge on any atom is -0.392 e. The lowest BCUT2D eigenvalue weighted by molar-refractivity contribution is -0.140. The van der Waals surface area contributed by atoms with E-state index in [0.717, 1.165) is 38.8 Å². The first-order valence-electron chi connectivity index (χ1n) is 6.10. The highest BCUT2D eigenvalue weighted by Gasteiger charge is 2.48. The van der Waals surface area contributed by atoms with Crippen molar-refractivity contribution in [1.82, 2.24) is 9.80 Å². The second-order valence-electron chi connectivity index (χ2n) is 5.18. The molecule has 0 atom stereocenters. The molecule has 0 aromatic rings. The minimum atomic E-state index is -0.526. The zero-order valence-electron chi connectivity index (χ0n) is 11.0. The van der Waals surface area contributed by atoms with Crippen LogP contribution in [-0.2, 0) is 4.79 Å². The van der Waals surface area contributed by atoms with Crippen molar-refractivity contribution in [3.05, 3.63) is 0 Å². The van der Waals surface area contributed by atoms with Gasteiger partial charge >= 0.3 is 0 Å². The molecule has 1 rings (SSSR count). The summed E-state index contributed by atoms with van der Waals surface area (Å²) in [6, 6.07) is 0. The molecular formula is C12H23N3OS. The lowest BCUT2D eigenvalue weighted by atomic mass is 9.67. The summed E-state index contributed by atoms with van der Waals surface area (Å²) < 4.78 is 0. The number of nitrogens with zero attached hydrogens (tertiary/aromatic N) is 2. The van der Waals surface area contributed by atoms with Crippen molar-refractivity contribution in [2.24, 2.45) is 11.1 Å². The van der Waals surface area contributed by atoms with Gasteiger partial charge in [-0.3, -0.25) is 4.79 Å². The molecule has 0 aliphatic heterocycles. The molecule has 2 N–H and O–H groups in total. The smallest absolute Gasteiger partial charge is 0.235 e. The van der Waals surface area contributed by atoms with E-state index < -0.39 is 5.41 Å². The van der Waals surface area contributed by atoms with E-state index in [-0.39, 0.29) is 5.91 Å². The number of carbonyl (C=O) groups excluding carboxylic acids is 1. The van der Waals surface area contributed by atoms with Crippen molar-refractivity contribution in [3.63, 3.8) is 0 Å². The highest BCUT2D eigenvalue weighted by atomic mass is 32.1. The molecule has 0 aromatic heterocycles. The van der Waals surface area contributed by atoms with Crippen LogP contribution >= 0.6 is 12.2 Å². The fourth-order valence-corrected chi connectivity index (χ4v) is 2.48. The molecule has 0 saturated heterocycles. The molecule has 0 unspecified atom stereocenters. The maximum atomic E-state index is 12.3. The standard InChI is InChI=1S/C12H23N3OS/c1-14(2)8-5-9-15(3)11(16)12(10(13)17)6-4-7-12/h4-9H2,1-3H3,(H2,13,17). The Kier molecular flexibility index (Phi) is 4.89. The predicted octanol–water partition coefficient (Wildman–Crippen LogP) is 0.853. The van der Waals surface area contributed by atoms with E-state index in [1.165, 1.54) is 0 Å². The van der Waals surface area contributed by atoms with Gasteiger partial charge in [0.05, 0.1) is 10.4 Å². The number of rotatable bonds is 6. The van der Waals surface area contributed by atoms with Crippen LogP contribution in [0.25, 0.3) is 0 Å². The molecule has 1 aliphatic rings. The fraction of sp³-hybridized carbons (Fsp3) is 0.833. The number of carbonyl (C=O) groups is 1. The SMILES string of the molecule is CN(C)CCCN(C)C(=O)C1(C(N)=S)CCC1. The summed E-state index contributed by atoms with van der Waals surface area (Å²) in [4.78, 5) is 16.6. The zero-order chi connectivity index (χ0) is 13.1. The quantitative estimate of drug-likeness (QED) is 0.717. The maximum absolute atomic E-state index is 12.3. The van der Waals surface area contributed by atoms with E-state index in [0.29, 0.717) is 4.99 Å². The summed E-state index contributed by atoms with van der Waals surface area (Å²) in [7, 11) is 5.91. The summed E-state index contributed by atoms with van der Waals surface area (Å²) in [5.74, 6) is 0.106. The van der Waals surface area contributed by atoms with Crippen LogP contribution in [0.1, 0.15) is 25.7 Å². The Labute approximate surface area is 109 Å². The molecule has 1 aliphatic carbocycles. The third kappa shape index (κ3) is 3.16.